The first kappa shape index (κ1) is 53.7. The molecule has 3 amide bonds. The number of likely N-dealkylation sites (tertiary alicyclic amines) is 3. The van der Waals surface area contributed by atoms with Crippen LogP contribution < -0.4 is 5.32 Å². The summed E-state index contributed by atoms with van der Waals surface area (Å²) in [5, 5.41) is 21.6. The van der Waals surface area contributed by atoms with E-state index in [2.05, 4.69) is 17.9 Å². The van der Waals surface area contributed by atoms with Crippen molar-refractivity contribution in [3.8, 4) is 0 Å². The van der Waals surface area contributed by atoms with Crippen molar-refractivity contribution in [2.75, 3.05) is 52.4 Å². The maximum Gasteiger partial charge on any atom is 0.410 e. The first-order valence-corrected chi connectivity index (χ1v) is 20.7. The summed E-state index contributed by atoms with van der Waals surface area (Å²) < 4.78 is 15.6. The highest BCUT2D eigenvalue weighted by Gasteiger charge is 2.29. The third-order valence-electron chi connectivity index (χ3n) is 9.23. The van der Waals surface area contributed by atoms with Gasteiger partial charge in [-0.3, -0.25) is 4.79 Å². The predicted octanol–water partition coefficient (Wildman–Crippen LogP) is 7.64. The molecule has 4 aliphatic heterocycles. The van der Waals surface area contributed by atoms with Crippen molar-refractivity contribution in [1.82, 2.24) is 20.0 Å². The van der Waals surface area contributed by atoms with E-state index in [1.807, 2.05) is 91.0 Å². The van der Waals surface area contributed by atoms with Gasteiger partial charge in [-0.25, -0.2) is 14.4 Å². The Bertz CT molecular complexity index is 1570. The van der Waals surface area contributed by atoms with E-state index in [-0.39, 0.29) is 63.6 Å². The number of aliphatic hydroxyl groups is 2. The van der Waals surface area contributed by atoms with Crippen LogP contribution >= 0.6 is 24.4 Å². The number of hydrogen-bond acceptors (Lipinski definition) is 12. The number of amides is 3. The molecule has 3 aromatic carbocycles. The maximum absolute atomic E-state index is 11.9. The normalized spacial score (nSPS) is 19.8. The van der Waals surface area contributed by atoms with E-state index in [4.69, 9.17) is 19.3 Å². The van der Waals surface area contributed by atoms with Crippen LogP contribution in [0.1, 0.15) is 71.6 Å². The fraction of sp³-hybridized carbons (Fsp3) is 0.511. The highest BCUT2D eigenvalue weighted by Crippen LogP contribution is 2.24. The van der Waals surface area contributed by atoms with Crippen LogP contribution in [0.15, 0.2) is 91.0 Å². The van der Waals surface area contributed by atoms with Crippen molar-refractivity contribution in [3.05, 3.63) is 108 Å². The van der Waals surface area contributed by atoms with Crippen molar-refractivity contribution < 1.29 is 43.6 Å². The molecule has 0 bridgehead atoms. The molecular weight excluding hydrogens is 805 g/mol. The van der Waals surface area contributed by atoms with Gasteiger partial charge in [-0.05, 0) is 48.9 Å². The average Bonchev–Trinajstić information content (AvgIpc) is 4.07. The Balaban J connectivity index is 0.000000411. The van der Waals surface area contributed by atoms with Gasteiger partial charge in [0.05, 0.1) is 12.2 Å². The first-order valence-electron chi connectivity index (χ1n) is 19.3. The van der Waals surface area contributed by atoms with E-state index in [0.717, 1.165) is 55.6 Å². The van der Waals surface area contributed by atoms with Crippen LogP contribution in [-0.2, 0) is 38.8 Å². The molecule has 13 nitrogen and oxygen atoms in total. The molecule has 3 aromatic rings. The molecule has 3 N–H and O–H groups in total. The van der Waals surface area contributed by atoms with Gasteiger partial charge in [-0.2, -0.15) is 12.6 Å². The number of carbonyl (C=O) groups excluding carboxylic acids is 4. The largest absolute Gasteiger partial charge is 0.445 e. The lowest BCUT2D eigenvalue weighted by Gasteiger charge is -2.16. The van der Waals surface area contributed by atoms with Gasteiger partial charge in [0.1, 0.15) is 19.8 Å². The monoisotopic (exact) mass is 872 g/mol. The molecule has 4 saturated heterocycles. The molecule has 334 valence electrons. The summed E-state index contributed by atoms with van der Waals surface area (Å²) in [4.78, 5) is 51.0. The number of nitrogens with zero attached hydrogens (tertiary/aromatic N) is 3. The van der Waals surface area contributed by atoms with E-state index in [9.17, 15) is 24.3 Å². The van der Waals surface area contributed by atoms with Crippen molar-refractivity contribution in [2.45, 2.75) is 97.4 Å². The molecule has 4 atom stereocenters. The Kier molecular flexibility index (Phi) is 26.7. The van der Waals surface area contributed by atoms with Crippen LogP contribution in [0.5, 0.6) is 0 Å². The summed E-state index contributed by atoms with van der Waals surface area (Å²) in [5.41, 5.74) is 2.96. The van der Waals surface area contributed by atoms with Crippen molar-refractivity contribution >= 4 is 47.8 Å². The zero-order chi connectivity index (χ0) is 40.8. The number of ether oxygens (including phenoxy) is 3. The van der Waals surface area contributed by atoms with Crippen LogP contribution in [0.4, 0.5) is 14.4 Å². The van der Waals surface area contributed by atoms with Crippen LogP contribution in [0.2, 0.25) is 0 Å². The van der Waals surface area contributed by atoms with E-state index >= 15 is 0 Å². The number of aliphatic hydroxyl groups excluding tert-OH is 2. The third-order valence-corrected chi connectivity index (χ3v) is 10.7. The Labute approximate surface area is 367 Å². The summed E-state index contributed by atoms with van der Waals surface area (Å²) >= 11 is 5.64. The summed E-state index contributed by atoms with van der Waals surface area (Å²) in [6, 6.07) is 28.8. The number of thiol groups is 1. The Morgan fingerprint density at radius 1 is 0.617 bits per heavy atom. The molecule has 4 heterocycles. The minimum absolute atomic E-state index is 0. The number of benzene rings is 3. The molecule has 7 rings (SSSR count). The Hall–Kier alpha value is -4.28. The van der Waals surface area contributed by atoms with Crippen molar-refractivity contribution in [3.63, 3.8) is 0 Å². The number of hydrogen-bond donors (Lipinski definition) is 4. The zero-order valence-corrected chi connectivity index (χ0v) is 34.2. The molecular formula is C45H68N4O9S2. The van der Waals surface area contributed by atoms with Crippen LogP contribution in [0.3, 0.4) is 0 Å². The fourth-order valence-corrected chi connectivity index (χ4v) is 7.37. The summed E-state index contributed by atoms with van der Waals surface area (Å²) in [6.45, 7) is 7.92. The summed E-state index contributed by atoms with van der Waals surface area (Å²) in [5.74, 6) is 0. The molecule has 4 unspecified atom stereocenters. The zero-order valence-electron chi connectivity index (χ0n) is 32.5. The van der Waals surface area contributed by atoms with Gasteiger partial charge in [0.25, 0.3) is 0 Å². The summed E-state index contributed by atoms with van der Waals surface area (Å²) in [7, 11) is 0. The lowest BCUT2D eigenvalue weighted by Crippen LogP contribution is -2.30. The second-order valence-electron chi connectivity index (χ2n) is 14.0. The second kappa shape index (κ2) is 29.9. The summed E-state index contributed by atoms with van der Waals surface area (Å²) in [6.07, 6.45) is 2.03. The lowest BCUT2D eigenvalue weighted by atomic mass is 10.2. The SMILES string of the molecule is C.C.C.CC(=O)SC1CCN(C(=O)OCc2ccccc2)C1.O=C(OCc1ccccc1)N1CCC(O)C1.O=C(OCc1ccccc1)N1CCC(S)C1.OC1CCNC1. The van der Waals surface area contributed by atoms with Gasteiger partial charge in [-0.1, -0.05) is 125 Å². The fourth-order valence-electron chi connectivity index (χ4n) is 6.11. The van der Waals surface area contributed by atoms with E-state index in [1.54, 1.807) is 16.7 Å². The van der Waals surface area contributed by atoms with Crippen LogP contribution in [0.25, 0.3) is 0 Å². The quantitative estimate of drug-likeness (QED) is 0.137. The van der Waals surface area contributed by atoms with Gasteiger partial charge in [-0.15, -0.1) is 0 Å². The molecule has 0 aromatic heterocycles. The average molecular weight is 873 g/mol. The van der Waals surface area contributed by atoms with Gasteiger partial charge >= 0.3 is 18.3 Å². The third kappa shape index (κ3) is 20.8. The molecule has 0 radical (unpaired) electrons. The second-order valence-corrected chi connectivity index (χ2v) is 16.2. The molecule has 4 aliphatic rings. The van der Waals surface area contributed by atoms with Gasteiger partial charge < -0.3 is 44.4 Å². The standard InChI is InChI=1S/C14H17NO3S.C12H15NO3.C12H15NO2S.C4H9NO.3CH4/c1-11(16)19-13-7-8-15(9-13)14(17)18-10-12-5-3-2-4-6-12;14-11-6-7-13(8-11)12(15)16-9-10-4-2-1-3-5-10;14-12(13-7-6-11(16)8-13)15-9-10-4-2-1-3-5-10;6-4-1-2-5-3-4;;;/h2-6,13H,7-10H2,1H3;1-5,11,14H,6-9H2;1-5,11,16H,6-9H2;4-6H,1-3H2;3*1H4. The maximum atomic E-state index is 11.9. The van der Waals surface area contributed by atoms with Crippen LogP contribution in [0, 0.1) is 0 Å². The minimum atomic E-state index is -0.399. The number of rotatable bonds is 7. The lowest BCUT2D eigenvalue weighted by molar-refractivity contribution is -0.109. The van der Waals surface area contributed by atoms with Crippen LogP contribution in [-0.4, -0.2) is 123 Å². The van der Waals surface area contributed by atoms with E-state index in [0.29, 0.717) is 57.6 Å². The topological polar surface area (TPSA) is 158 Å². The number of thioether (sulfide) groups is 1. The minimum Gasteiger partial charge on any atom is -0.445 e. The molecule has 0 aliphatic carbocycles. The Morgan fingerprint density at radius 3 is 1.37 bits per heavy atom. The Morgan fingerprint density at radius 2 is 1.03 bits per heavy atom. The number of carbonyl (C=O) groups is 4. The number of nitrogens with one attached hydrogen (secondary N) is 1. The van der Waals surface area contributed by atoms with Gasteiger partial charge in [0.15, 0.2) is 5.12 Å². The molecule has 60 heavy (non-hydrogen) atoms. The van der Waals surface area contributed by atoms with Crippen molar-refractivity contribution in [2.24, 2.45) is 0 Å². The highest BCUT2D eigenvalue weighted by atomic mass is 32.2. The molecule has 0 spiro atoms. The van der Waals surface area contributed by atoms with Crippen molar-refractivity contribution in [1.29, 1.82) is 0 Å². The van der Waals surface area contributed by atoms with E-state index in [1.165, 1.54) is 16.7 Å². The predicted molar refractivity (Wildman–Crippen MR) is 243 cm³/mol. The first-order chi connectivity index (χ1) is 27.5. The molecule has 4 fully saturated rings. The highest BCUT2D eigenvalue weighted by molar-refractivity contribution is 8.14. The number of β-amino-alcohol motifs (C(OH)–C–C–N with tert-alkyl or cyclic N) is 2. The van der Waals surface area contributed by atoms with E-state index < -0.39 is 6.10 Å². The molecule has 0 saturated carbocycles. The smallest absolute Gasteiger partial charge is 0.410 e. The molecule has 15 heteroatoms. The van der Waals surface area contributed by atoms with Gasteiger partial charge in [0, 0.05) is 63.2 Å². The van der Waals surface area contributed by atoms with Gasteiger partial charge in [0.2, 0.25) is 0 Å².